The Kier molecular flexibility index (Phi) is 17.8. The van der Waals surface area contributed by atoms with Gasteiger partial charge < -0.3 is 39.7 Å². The van der Waals surface area contributed by atoms with Crippen molar-refractivity contribution in [2.75, 3.05) is 41.8 Å². The maximum absolute atomic E-state index is 14.4. The topological polar surface area (TPSA) is 302 Å². The number of anilines is 5. The van der Waals surface area contributed by atoms with Crippen LogP contribution in [0.4, 0.5) is 53.6 Å². The third-order valence-corrected chi connectivity index (χ3v) is 9.59. The quantitative estimate of drug-likeness (QED) is 0.0153. The minimum Gasteiger partial charge on any atom is -0.744 e. The summed E-state index contributed by atoms with van der Waals surface area (Å²) in [6.45, 7) is 1.19. The number of halogens is 3. The van der Waals surface area contributed by atoms with Crippen molar-refractivity contribution in [3.05, 3.63) is 60.6 Å². The molecule has 30 heteroatoms. The van der Waals surface area contributed by atoms with Crippen molar-refractivity contribution in [1.82, 2.24) is 24.9 Å². The van der Waals surface area contributed by atoms with Crippen LogP contribution < -0.4 is 109 Å². The fourth-order valence-electron chi connectivity index (χ4n) is 4.98. The van der Waals surface area contributed by atoms with Crippen molar-refractivity contribution in [3.63, 3.8) is 0 Å². The molecule has 1 saturated heterocycles. The molecule has 3 heterocycles. The molecule has 0 aliphatic carbocycles. The van der Waals surface area contributed by atoms with Gasteiger partial charge in [0.15, 0.2) is 5.75 Å². The Morgan fingerprint density at radius 3 is 2.19 bits per heavy atom. The van der Waals surface area contributed by atoms with Crippen LogP contribution >= 0.6 is 12.0 Å². The molecule has 0 radical (unpaired) electrons. The summed E-state index contributed by atoms with van der Waals surface area (Å²) in [5, 5.41) is 36.9. The molecule has 1 aliphatic rings. The summed E-state index contributed by atoms with van der Waals surface area (Å²) in [7, 11) is -10.7. The molecule has 1 aliphatic heterocycles. The van der Waals surface area contributed by atoms with Crippen LogP contribution in [0.5, 0.6) is 5.75 Å². The van der Waals surface area contributed by atoms with Gasteiger partial charge in [-0.15, -0.1) is 10.2 Å². The first-order valence-corrected chi connectivity index (χ1v) is 18.1. The molecule has 0 bridgehead atoms. The van der Waals surface area contributed by atoms with E-state index in [1.807, 2.05) is 0 Å². The van der Waals surface area contributed by atoms with Gasteiger partial charge in [-0.1, -0.05) is 0 Å². The van der Waals surface area contributed by atoms with Crippen molar-refractivity contribution in [2.24, 2.45) is 10.2 Å². The molecule has 0 saturated carbocycles. The largest absolute Gasteiger partial charge is 1.00 e. The van der Waals surface area contributed by atoms with Crippen LogP contribution in [0.1, 0.15) is 0 Å². The molecule has 3 N–H and O–H groups in total. The van der Waals surface area contributed by atoms with E-state index in [4.69, 9.17) is 4.74 Å². The first-order chi connectivity index (χ1) is 25.6. The van der Waals surface area contributed by atoms with Gasteiger partial charge in [0.05, 0.1) is 45.6 Å². The van der Waals surface area contributed by atoms with E-state index in [1.54, 1.807) is 4.90 Å². The summed E-state index contributed by atoms with van der Waals surface area (Å²) < 4.78 is 125. The van der Waals surface area contributed by atoms with Crippen molar-refractivity contribution in [2.45, 2.75) is 14.7 Å². The average Bonchev–Trinajstić information content (AvgIpc) is 3.09. The third-order valence-electron chi connectivity index (χ3n) is 7.15. The molecule has 3 aromatic carbocycles. The van der Waals surface area contributed by atoms with Gasteiger partial charge in [-0.05, 0) is 36.4 Å². The standard InChI is InChI=1S/C27H21F3N10O11S3.3Na/c28-19-11-20(34-24(29)33-19)31-12-1-4-18(53(43,44)45)16(9-12)38-39-21-17(52-51-50-42)10-14-13(22(21)41)2-3-15(23(14)54(46,47)48)32-26-35-25(30)36-27(37-26)40-5-7-49-8-6-40;;;/h1-4,9-11,41-42H,5-8H2,(H,31,33,34)(H,43,44,45)(H,46,47,48)(H,32,35,36,37);;;/q;3*+1/p-3. The van der Waals surface area contributed by atoms with E-state index < -0.39 is 93.0 Å². The molecule has 2 aromatic heterocycles. The number of aromatic hydroxyl groups is 1. The predicted octanol–water partition coefficient (Wildman–Crippen LogP) is -6.27. The summed E-state index contributed by atoms with van der Waals surface area (Å²) in [6, 6.07) is 6.41. The van der Waals surface area contributed by atoms with Gasteiger partial charge in [0.25, 0.3) is 0 Å². The molecule has 0 unspecified atom stereocenters. The summed E-state index contributed by atoms with van der Waals surface area (Å²) in [5.41, 5.74) is -1.93. The number of hydrogen-bond donors (Lipinski definition) is 3. The van der Waals surface area contributed by atoms with Gasteiger partial charge in [-0.25, -0.2) is 16.8 Å². The molecule has 5 aromatic rings. The first kappa shape index (κ1) is 49.0. The van der Waals surface area contributed by atoms with Gasteiger partial charge in [0.2, 0.25) is 17.8 Å². The Labute approximate surface area is 389 Å². The van der Waals surface area contributed by atoms with E-state index in [0.717, 1.165) is 36.4 Å². The van der Waals surface area contributed by atoms with E-state index >= 15 is 0 Å². The number of aromatic nitrogens is 5. The molecular weight excluding hydrogens is 863 g/mol. The molecule has 6 rings (SSSR count). The Bertz CT molecular complexity index is 2510. The van der Waals surface area contributed by atoms with Crippen molar-refractivity contribution < 1.29 is 152 Å². The van der Waals surface area contributed by atoms with E-state index in [2.05, 4.69) is 55.2 Å². The SMILES string of the molecule is O=S(=O)([O-])c1ccc(Nc2cc(F)nc(F)n2)cc1N=Nc1c(SOO[O-])cc2c(S(=O)(=O)[O-])c(Nc3nc(F)nc(N4CCOCC4)n3)ccc2c1O.[Na+].[Na+].[Na+]. The van der Waals surface area contributed by atoms with E-state index in [0.29, 0.717) is 32.4 Å². The minimum absolute atomic E-state index is 0. The van der Waals surface area contributed by atoms with Gasteiger partial charge in [-0.3, -0.25) is 5.04 Å². The number of fused-ring (bicyclic) bond motifs is 1. The Balaban J connectivity index is 0.00000290. The molecular formula is C27H18F3N10Na3O11S3. The van der Waals surface area contributed by atoms with Gasteiger partial charge in [0, 0.05) is 35.6 Å². The monoisotopic (exact) mass is 880 g/mol. The third kappa shape index (κ3) is 12.1. The van der Waals surface area contributed by atoms with Crippen LogP contribution in [0, 0.1) is 18.1 Å². The van der Waals surface area contributed by atoms with Gasteiger partial charge >= 0.3 is 101 Å². The number of azo groups is 1. The average molecular weight is 881 g/mol. The number of rotatable bonds is 12. The number of benzene rings is 3. The molecule has 21 nitrogen and oxygen atoms in total. The van der Waals surface area contributed by atoms with Crippen LogP contribution in [0.2, 0.25) is 0 Å². The van der Waals surface area contributed by atoms with Crippen LogP contribution in [0.3, 0.4) is 0 Å². The zero-order valence-corrected chi connectivity index (χ0v) is 37.8. The van der Waals surface area contributed by atoms with Crippen molar-refractivity contribution >= 4 is 83.5 Å². The Morgan fingerprint density at radius 2 is 1.54 bits per heavy atom. The minimum atomic E-state index is -5.48. The zero-order valence-electron chi connectivity index (χ0n) is 29.3. The fourth-order valence-corrected chi connectivity index (χ4v) is 6.88. The molecule has 284 valence electrons. The van der Waals surface area contributed by atoms with Crippen molar-refractivity contribution in [3.8, 4) is 5.75 Å². The van der Waals surface area contributed by atoms with Crippen molar-refractivity contribution in [1.29, 1.82) is 0 Å². The maximum Gasteiger partial charge on any atom is 1.00 e. The molecule has 57 heavy (non-hydrogen) atoms. The smallest absolute Gasteiger partial charge is 0.744 e. The number of nitrogens with zero attached hydrogens (tertiary/aromatic N) is 8. The number of hydrogen-bond acceptors (Lipinski definition) is 22. The van der Waals surface area contributed by atoms with Gasteiger partial charge in [-0.2, -0.15) is 42.4 Å². The summed E-state index contributed by atoms with van der Waals surface area (Å²) in [4.78, 5) is 16.6. The zero-order chi connectivity index (χ0) is 38.8. The summed E-state index contributed by atoms with van der Waals surface area (Å²) in [5.74, 6) is -3.21. The van der Waals surface area contributed by atoms with Crippen LogP contribution in [-0.2, 0) is 34.3 Å². The Morgan fingerprint density at radius 1 is 0.842 bits per heavy atom. The second-order valence-corrected chi connectivity index (χ2v) is 13.9. The second-order valence-electron chi connectivity index (χ2n) is 10.5. The fraction of sp³-hybridized carbons (Fsp3) is 0.148. The number of phenols is 1. The van der Waals surface area contributed by atoms with E-state index in [-0.39, 0.29) is 118 Å². The second kappa shape index (κ2) is 20.7. The number of morpholine rings is 1. The van der Waals surface area contributed by atoms with Crippen LogP contribution in [-0.4, -0.2) is 82.3 Å². The van der Waals surface area contributed by atoms with Gasteiger partial charge in [0.1, 0.15) is 37.4 Å². The molecule has 0 amide bonds. The summed E-state index contributed by atoms with van der Waals surface area (Å²) in [6.07, 6.45) is -2.68. The van der Waals surface area contributed by atoms with E-state index in [1.165, 1.54) is 0 Å². The van der Waals surface area contributed by atoms with Crippen LogP contribution in [0.25, 0.3) is 10.8 Å². The summed E-state index contributed by atoms with van der Waals surface area (Å²) >= 11 is 0.0359. The first-order valence-electron chi connectivity index (χ1n) is 14.5. The molecule has 0 spiro atoms. The molecule has 0 atom stereocenters. The Hall–Kier alpha value is -2.39. The normalized spacial score (nSPS) is 13.1. The number of phenolic OH excluding ortho intramolecular Hbond substituents is 1. The molecule has 1 fully saturated rings. The van der Waals surface area contributed by atoms with Crippen LogP contribution in [0.15, 0.2) is 67.4 Å². The predicted molar refractivity (Wildman–Crippen MR) is 172 cm³/mol. The number of nitrogens with one attached hydrogen (secondary N) is 2. The van der Waals surface area contributed by atoms with E-state index in [9.17, 15) is 49.5 Å². The maximum atomic E-state index is 14.4. The number of ether oxygens (including phenoxy) is 1.